The minimum Gasteiger partial charge on any atom is -0.477 e. The number of hydrogen-bond donors (Lipinski definition) is 2. The van der Waals surface area contributed by atoms with E-state index >= 15 is 0 Å². The van der Waals surface area contributed by atoms with Gasteiger partial charge >= 0.3 is 5.97 Å². The molecule has 0 bridgehead atoms. The topological polar surface area (TPSA) is 66.0 Å². The highest BCUT2D eigenvalue weighted by atomic mass is 16.4. The van der Waals surface area contributed by atoms with Gasteiger partial charge in [0.1, 0.15) is 5.69 Å². The minimum absolute atomic E-state index is 0.0981. The standard InChI is InChI=1S/C15H14N2O2/c1-8(2)13-14-10(7-12(17-13)15(18)19)9-5-3-4-6-11(9)16-14/h3-8,16H,1-2H3,(H,18,19). The van der Waals surface area contributed by atoms with Crippen LogP contribution < -0.4 is 0 Å². The van der Waals surface area contributed by atoms with Crippen molar-refractivity contribution < 1.29 is 9.90 Å². The van der Waals surface area contributed by atoms with E-state index in [1.54, 1.807) is 6.07 Å². The maximum Gasteiger partial charge on any atom is 0.354 e. The number of carboxylic acid groups (broad SMARTS) is 1. The van der Waals surface area contributed by atoms with Crippen LogP contribution in [0, 0.1) is 0 Å². The Hall–Kier alpha value is -2.36. The zero-order valence-electron chi connectivity index (χ0n) is 10.8. The summed E-state index contributed by atoms with van der Waals surface area (Å²) >= 11 is 0. The second-order valence-corrected chi connectivity index (χ2v) is 4.95. The highest BCUT2D eigenvalue weighted by Gasteiger charge is 2.16. The number of nitrogens with zero attached hydrogens (tertiary/aromatic N) is 1. The molecule has 0 unspecified atom stereocenters. The van der Waals surface area contributed by atoms with Gasteiger partial charge in [0.15, 0.2) is 0 Å². The Morgan fingerprint density at radius 3 is 2.68 bits per heavy atom. The van der Waals surface area contributed by atoms with Crippen molar-refractivity contribution in [2.24, 2.45) is 0 Å². The molecular formula is C15H14N2O2. The molecule has 96 valence electrons. The normalized spacial score (nSPS) is 11.5. The van der Waals surface area contributed by atoms with E-state index in [1.165, 1.54) is 0 Å². The Morgan fingerprint density at radius 2 is 2.00 bits per heavy atom. The number of carbonyl (C=O) groups is 1. The van der Waals surface area contributed by atoms with Crippen LogP contribution in [0.2, 0.25) is 0 Å². The molecule has 0 saturated heterocycles. The van der Waals surface area contributed by atoms with E-state index in [0.717, 1.165) is 27.5 Å². The molecule has 19 heavy (non-hydrogen) atoms. The molecule has 0 saturated carbocycles. The second kappa shape index (κ2) is 4.09. The van der Waals surface area contributed by atoms with E-state index in [4.69, 9.17) is 0 Å². The van der Waals surface area contributed by atoms with Gasteiger partial charge in [-0.1, -0.05) is 32.0 Å². The number of aromatic amines is 1. The van der Waals surface area contributed by atoms with Gasteiger partial charge in [0.2, 0.25) is 0 Å². The summed E-state index contributed by atoms with van der Waals surface area (Å²) < 4.78 is 0. The quantitative estimate of drug-likeness (QED) is 0.735. The van der Waals surface area contributed by atoms with Crippen LogP contribution >= 0.6 is 0 Å². The molecule has 0 fully saturated rings. The van der Waals surface area contributed by atoms with Crippen LogP contribution in [-0.4, -0.2) is 21.0 Å². The number of H-pyrrole nitrogens is 1. The van der Waals surface area contributed by atoms with E-state index in [2.05, 4.69) is 9.97 Å². The number of benzene rings is 1. The lowest BCUT2D eigenvalue weighted by Gasteiger charge is -2.07. The summed E-state index contributed by atoms with van der Waals surface area (Å²) in [6.07, 6.45) is 0. The molecule has 2 heterocycles. The first-order valence-corrected chi connectivity index (χ1v) is 6.22. The third-order valence-corrected chi connectivity index (χ3v) is 3.29. The molecule has 0 amide bonds. The molecule has 0 aliphatic rings. The van der Waals surface area contributed by atoms with Gasteiger partial charge in [0, 0.05) is 16.3 Å². The van der Waals surface area contributed by atoms with E-state index < -0.39 is 5.97 Å². The average molecular weight is 254 g/mol. The third-order valence-electron chi connectivity index (χ3n) is 3.29. The summed E-state index contributed by atoms with van der Waals surface area (Å²) in [5, 5.41) is 11.1. The number of para-hydroxylation sites is 1. The molecule has 0 radical (unpaired) electrons. The lowest BCUT2D eigenvalue weighted by Crippen LogP contribution is -2.04. The number of hydrogen-bond acceptors (Lipinski definition) is 2. The van der Waals surface area contributed by atoms with Crippen LogP contribution in [0.15, 0.2) is 30.3 Å². The van der Waals surface area contributed by atoms with Gasteiger partial charge < -0.3 is 10.1 Å². The number of rotatable bonds is 2. The van der Waals surface area contributed by atoms with Gasteiger partial charge in [-0.2, -0.15) is 0 Å². The van der Waals surface area contributed by atoms with E-state index in [1.807, 2.05) is 38.1 Å². The molecule has 0 aliphatic carbocycles. The lowest BCUT2D eigenvalue weighted by atomic mass is 10.1. The molecule has 4 nitrogen and oxygen atoms in total. The average Bonchev–Trinajstić information content (AvgIpc) is 2.75. The Kier molecular flexibility index (Phi) is 2.52. The summed E-state index contributed by atoms with van der Waals surface area (Å²) in [7, 11) is 0. The fourth-order valence-corrected chi connectivity index (χ4v) is 2.40. The van der Waals surface area contributed by atoms with Crippen molar-refractivity contribution in [3.63, 3.8) is 0 Å². The van der Waals surface area contributed by atoms with E-state index in [-0.39, 0.29) is 11.6 Å². The molecular weight excluding hydrogens is 240 g/mol. The van der Waals surface area contributed by atoms with Gasteiger partial charge in [-0.3, -0.25) is 0 Å². The summed E-state index contributed by atoms with van der Waals surface area (Å²) in [4.78, 5) is 18.8. The van der Waals surface area contributed by atoms with Crippen LogP contribution in [-0.2, 0) is 0 Å². The van der Waals surface area contributed by atoms with Crippen molar-refractivity contribution in [3.05, 3.63) is 41.7 Å². The number of pyridine rings is 1. The van der Waals surface area contributed by atoms with Gasteiger partial charge in [-0.15, -0.1) is 0 Å². The van der Waals surface area contributed by atoms with Gasteiger partial charge in [-0.25, -0.2) is 9.78 Å². The molecule has 0 atom stereocenters. The molecule has 2 N–H and O–H groups in total. The highest BCUT2D eigenvalue weighted by molar-refractivity contribution is 6.09. The Balaban J connectivity index is 2.48. The van der Waals surface area contributed by atoms with Crippen LogP contribution in [0.5, 0.6) is 0 Å². The van der Waals surface area contributed by atoms with Crippen molar-refractivity contribution >= 4 is 27.8 Å². The monoisotopic (exact) mass is 254 g/mol. The Morgan fingerprint density at radius 1 is 1.26 bits per heavy atom. The highest BCUT2D eigenvalue weighted by Crippen LogP contribution is 2.30. The Labute approximate surface area is 110 Å². The summed E-state index contributed by atoms with van der Waals surface area (Å²) in [5.74, 6) is -0.830. The molecule has 3 aromatic rings. The van der Waals surface area contributed by atoms with Crippen LogP contribution in [0.3, 0.4) is 0 Å². The number of nitrogens with one attached hydrogen (secondary N) is 1. The zero-order valence-corrected chi connectivity index (χ0v) is 10.8. The van der Waals surface area contributed by atoms with Crippen molar-refractivity contribution in [3.8, 4) is 0 Å². The summed E-state index contributed by atoms with van der Waals surface area (Å²) in [6.45, 7) is 4.03. The first-order chi connectivity index (χ1) is 9.08. The van der Waals surface area contributed by atoms with Crippen molar-refractivity contribution in [1.82, 2.24) is 9.97 Å². The number of fused-ring (bicyclic) bond motifs is 3. The van der Waals surface area contributed by atoms with Crippen molar-refractivity contribution in [1.29, 1.82) is 0 Å². The summed E-state index contributed by atoms with van der Waals surface area (Å²) in [6, 6.07) is 9.52. The third kappa shape index (κ3) is 1.76. The van der Waals surface area contributed by atoms with Crippen LogP contribution in [0.1, 0.15) is 35.9 Å². The molecule has 3 rings (SSSR count). The van der Waals surface area contributed by atoms with Crippen molar-refractivity contribution in [2.75, 3.05) is 0 Å². The van der Waals surface area contributed by atoms with Gasteiger partial charge in [0.05, 0.1) is 11.2 Å². The van der Waals surface area contributed by atoms with Gasteiger partial charge in [-0.05, 0) is 18.1 Å². The zero-order chi connectivity index (χ0) is 13.6. The maximum atomic E-state index is 11.2. The molecule has 2 aromatic heterocycles. The lowest BCUT2D eigenvalue weighted by molar-refractivity contribution is 0.0690. The smallest absolute Gasteiger partial charge is 0.354 e. The largest absolute Gasteiger partial charge is 0.477 e. The first-order valence-electron chi connectivity index (χ1n) is 6.22. The number of carboxylic acids is 1. The fraction of sp³-hybridized carbons (Fsp3) is 0.200. The fourth-order valence-electron chi connectivity index (χ4n) is 2.40. The first kappa shape index (κ1) is 11.7. The predicted molar refractivity (Wildman–Crippen MR) is 74.6 cm³/mol. The SMILES string of the molecule is CC(C)c1nc(C(=O)O)cc2c1[nH]c1ccccc12. The predicted octanol–water partition coefficient (Wildman–Crippen LogP) is 3.54. The number of aromatic nitrogens is 2. The minimum atomic E-state index is -0.992. The second-order valence-electron chi connectivity index (χ2n) is 4.95. The molecule has 0 spiro atoms. The van der Waals surface area contributed by atoms with Gasteiger partial charge in [0.25, 0.3) is 0 Å². The maximum absolute atomic E-state index is 11.2. The van der Waals surface area contributed by atoms with E-state index in [0.29, 0.717) is 0 Å². The van der Waals surface area contributed by atoms with E-state index in [9.17, 15) is 9.90 Å². The molecule has 4 heteroatoms. The number of aromatic carboxylic acids is 1. The Bertz CT molecular complexity index is 787. The molecule has 0 aliphatic heterocycles. The van der Waals surface area contributed by atoms with Crippen molar-refractivity contribution in [2.45, 2.75) is 19.8 Å². The summed E-state index contributed by atoms with van der Waals surface area (Å²) in [5.41, 5.74) is 2.83. The molecule has 1 aromatic carbocycles. The van der Waals surface area contributed by atoms with Crippen LogP contribution in [0.25, 0.3) is 21.8 Å². The van der Waals surface area contributed by atoms with Crippen LogP contribution in [0.4, 0.5) is 0 Å².